The molecular weight excluding hydrogens is 274 g/mol. The molecule has 2 aromatic carbocycles. The maximum Gasteiger partial charge on any atom is 0.0453 e. The van der Waals surface area contributed by atoms with E-state index >= 15 is 0 Å². The number of nitrogens with one attached hydrogen (secondary N) is 1. The van der Waals surface area contributed by atoms with Gasteiger partial charge in [-0.15, -0.1) is 11.3 Å². The molecule has 0 aliphatic heterocycles. The van der Waals surface area contributed by atoms with Crippen molar-refractivity contribution in [3.63, 3.8) is 0 Å². The molecule has 1 nitrogen and oxygen atoms in total. The molecule has 1 N–H and O–H groups in total. The van der Waals surface area contributed by atoms with Crippen molar-refractivity contribution >= 4 is 21.4 Å². The van der Waals surface area contributed by atoms with Crippen LogP contribution in [0.4, 0.5) is 0 Å². The number of hydrogen-bond acceptors (Lipinski definition) is 2. The standard InChI is InChI=1S/C19H21NS/c1-13-8-9-14(2)16(10-13)11-17(20-3)19-12-15-6-4-5-7-18(15)21-19/h4-10,12,17,20H,11H2,1-3H3. The summed E-state index contributed by atoms with van der Waals surface area (Å²) in [7, 11) is 2.06. The van der Waals surface area contributed by atoms with Gasteiger partial charge in [0.2, 0.25) is 0 Å². The minimum atomic E-state index is 0.378. The fourth-order valence-electron chi connectivity index (χ4n) is 2.76. The second kappa shape index (κ2) is 6.00. The molecule has 0 saturated heterocycles. The van der Waals surface area contributed by atoms with E-state index in [1.807, 2.05) is 11.3 Å². The van der Waals surface area contributed by atoms with E-state index in [2.05, 4.69) is 74.7 Å². The van der Waals surface area contributed by atoms with Crippen LogP contribution in [0.25, 0.3) is 10.1 Å². The van der Waals surface area contributed by atoms with Crippen LogP contribution in [0.15, 0.2) is 48.5 Å². The predicted octanol–water partition coefficient (Wildman–Crippen LogP) is 5.02. The molecule has 3 aromatic rings. The van der Waals surface area contributed by atoms with Gasteiger partial charge in [-0.3, -0.25) is 0 Å². The van der Waals surface area contributed by atoms with Gasteiger partial charge in [0, 0.05) is 15.6 Å². The van der Waals surface area contributed by atoms with Gasteiger partial charge < -0.3 is 5.32 Å². The Morgan fingerprint density at radius 2 is 1.86 bits per heavy atom. The normalized spacial score (nSPS) is 12.7. The summed E-state index contributed by atoms with van der Waals surface area (Å²) < 4.78 is 1.37. The molecule has 0 bridgehead atoms. The lowest BCUT2D eigenvalue weighted by molar-refractivity contribution is 0.601. The van der Waals surface area contributed by atoms with Gasteiger partial charge in [-0.25, -0.2) is 0 Å². The van der Waals surface area contributed by atoms with Crippen LogP contribution in [0.5, 0.6) is 0 Å². The van der Waals surface area contributed by atoms with E-state index in [0.29, 0.717) is 6.04 Å². The summed E-state index contributed by atoms with van der Waals surface area (Å²) in [6, 6.07) is 18.0. The van der Waals surface area contributed by atoms with Crippen LogP contribution in [0.1, 0.15) is 27.6 Å². The lowest BCUT2D eigenvalue weighted by Crippen LogP contribution is -2.18. The smallest absolute Gasteiger partial charge is 0.0453 e. The first-order valence-corrected chi connectivity index (χ1v) is 8.21. The summed E-state index contributed by atoms with van der Waals surface area (Å²) in [5, 5.41) is 4.83. The number of rotatable bonds is 4. The summed E-state index contributed by atoms with van der Waals surface area (Å²) in [4.78, 5) is 1.42. The summed E-state index contributed by atoms with van der Waals surface area (Å²) in [5.41, 5.74) is 4.15. The van der Waals surface area contributed by atoms with Gasteiger partial charge in [0.1, 0.15) is 0 Å². The zero-order chi connectivity index (χ0) is 14.8. The van der Waals surface area contributed by atoms with E-state index in [1.54, 1.807) is 0 Å². The SMILES string of the molecule is CNC(Cc1cc(C)ccc1C)c1cc2ccccc2s1. The number of fused-ring (bicyclic) bond motifs is 1. The van der Waals surface area contributed by atoms with Crippen LogP contribution in [0.2, 0.25) is 0 Å². The van der Waals surface area contributed by atoms with Crippen molar-refractivity contribution in [1.29, 1.82) is 0 Å². The van der Waals surface area contributed by atoms with Gasteiger partial charge >= 0.3 is 0 Å². The largest absolute Gasteiger partial charge is 0.312 e. The van der Waals surface area contributed by atoms with Gasteiger partial charge in [-0.2, -0.15) is 0 Å². The molecule has 2 heteroatoms. The van der Waals surface area contributed by atoms with E-state index in [-0.39, 0.29) is 0 Å². The molecule has 108 valence electrons. The van der Waals surface area contributed by atoms with Crippen molar-refractivity contribution in [2.45, 2.75) is 26.3 Å². The summed E-state index contributed by atoms with van der Waals surface area (Å²) >= 11 is 1.90. The lowest BCUT2D eigenvalue weighted by atomic mass is 9.98. The molecule has 1 unspecified atom stereocenters. The molecule has 1 aromatic heterocycles. The van der Waals surface area contributed by atoms with Gasteiger partial charge in [0.15, 0.2) is 0 Å². The maximum absolute atomic E-state index is 3.48. The Balaban J connectivity index is 1.92. The van der Waals surface area contributed by atoms with E-state index < -0.39 is 0 Å². The van der Waals surface area contributed by atoms with Crippen molar-refractivity contribution in [1.82, 2.24) is 5.32 Å². The quantitative estimate of drug-likeness (QED) is 0.712. The van der Waals surface area contributed by atoms with Crippen LogP contribution in [-0.2, 0) is 6.42 Å². The van der Waals surface area contributed by atoms with Crippen molar-refractivity contribution < 1.29 is 0 Å². The summed E-state index contributed by atoms with van der Waals surface area (Å²) in [6.07, 6.45) is 1.04. The van der Waals surface area contributed by atoms with E-state index in [0.717, 1.165) is 6.42 Å². The monoisotopic (exact) mass is 295 g/mol. The minimum absolute atomic E-state index is 0.378. The maximum atomic E-state index is 3.48. The molecule has 0 saturated carbocycles. The molecule has 0 aliphatic carbocycles. The first-order valence-electron chi connectivity index (χ1n) is 7.39. The Morgan fingerprint density at radius 1 is 1.05 bits per heavy atom. The number of thiophene rings is 1. The number of aryl methyl sites for hydroxylation is 2. The molecule has 0 radical (unpaired) electrons. The zero-order valence-electron chi connectivity index (χ0n) is 12.8. The van der Waals surface area contributed by atoms with Gasteiger partial charge in [0.25, 0.3) is 0 Å². The van der Waals surface area contributed by atoms with Crippen LogP contribution < -0.4 is 5.32 Å². The second-order valence-corrected chi connectivity index (χ2v) is 6.78. The number of benzene rings is 2. The Kier molecular flexibility index (Phi) is 4.09. The molecule has 0 spiro atoms. The number of likely N-dealkylation sites (N-methyl/N-ethyl adjacent to an activating group) is 1. The van der Waals surface area contributed by atoms with Crippen LogP contribution in [0, 0.1) is 13.8 Å². The molecule has 0 aliphatic rings. The number of hydrogen-bond donors (Lipinski definition) is 1. The average Bonchev–Trinajstić information content (AvgIpc) is 2.91. The Labute approximate surface area is 130 Å². The third-order valence-corrected chi connectivity index (χ3v) is 5.29. The highest BCUT2D eigenvalue weighted by Gasteiger charge is 2.14. The van der Waals surface area contributed by atoms with Crippen LogP contribution in [-0.4, -0.2) is 7.05 Å². The lowest BCUT2D eigenvalue weighted by Gasteiger charge is -2.16. The molecule has 1 atom stereocenters. The molecule has 0 amide bonds. The van der Waals surface area contributed by atoms with Crippen LogP contribution in [0.3, 0.4) is 0 Å². The second-order valence-electron chi connectivity index (χ2n) is 5.66. The van der Waals surface area contributed by atoms with Gasteiger partial charge in [-0.1, -0.05) is 42.0 Å². The molecule has 3 rings (SSSR count). The van der Waals surface area contributed by atoms with Gasteiger partial charge in [-0.05, 0) is 56.0 Å². The average molecular weight is 295 g/mol. The Morgan fingerprint density at radius 3 is 2.62 bits per heavy atom. The van der Waals surface area contributed by atoms with E-state index in [4.69, 9.17) is 0 Å². The third kappa shape index (κ3) is 3.02. The van der Waals surface area contributed by atoms with Crippen molar-refractivity contribution in [3.05, 3.63) is 70.1 Å². The molecular formula is C19H21NS. The fraction of sp³-hybridized carbons (Fsp3) is 0.263. The Hall–Kier alpha value is -1.64. The molecule has 0 fully saturated rings. The first kappa shape index (κ1) is 14.3. The summed E-state index contributed by atoms with van der Waals surface area (Å²) in [5.74, 6) is 0. The van der Waals surface area contributed by atoms with E-state index in [9.17, 15) is 0 Å². The Bertz CT molecular complexity index is 724. The fourth-order valence-corrected chi connectivity index (χ4v) is 3.93. The minimum Gasteiger partial charge on any atom is -0.312 e. The predicted molar refractivity (Wildman–Crippen MR) is 93.2 cm³/mol. The van der Waals surface area contributed by atoms with Crippen LogP contribution >= 0.6 is 11.3 Å². The molecule has 1 heterocycles. The summed E-state index contributed by atoms with van der Waals surface area (Å²) in [6.45, 7) is 4.36. The topological polar surface area (TPSA) is 12.0 Å². The highest BCUT2D eigenvalue weighted by atomic mass is 32.1. The molecule has 21 heavy (non-hydrogen) atoms. The van der Waals surface area contributed by atoms with Crippen molar-refractivity contribution in [2.24, 2.45) is 0 Å². The highest BCUT2D eigenvalue weighted by Crippen LogP contribution is 2.31. The first-order chi connectivity index (χ1) is 10.2. The van der Waals surface area contributed by atoms with Crippen molar-refractivity contribution in [2.75, 3.05) is 7.05 Å². The van der Waals surface area contributed by atoms with Crippen molar-refractivity contribution in [3.8, 4) is 0 Å². The zero-order valence-corrected chi connectivity index (χ0v) is 13.6. The van der Waals surface area contributed by atoms with Gasteiger partial charge in [0.05, 0.1) is 0 Å². The van der Waals surface area contributed by atoms with E-state index in [1.165, 1.54) is 31.7 Å². The highest BCUT2D eigenvalue weighted by molar-refractivity contribution is 7.19. The third-order valence-electron chi connectivity index (χ3n) is 4.07.